The Morgan fingerprint density at radius 2 is 2.11 bits per heavy atom. The van der Waals surface area contributed by atoms with E-state index in [-0.39, 0.29) is 5.41 Å². The molecule has 5 nitrogen and oxygen atoms in total. The van der Waals surface area contributed by atoms with Crippen LogP contribution in [0, 0.1) is 10.8 Å². The fourth-order valence-corrected chi connectivity index (χ4v) is 2.44. The summed E-state index contributed by atoms with van der Waals surface area (Å²) in [4.78, 5) is 6.51. The Labute approximate surface area is 108 Å². The third-order valence-corrected chi connectivity index (χ3v) is 4.06. The van der Waals surface area contributed by atoms with Gasteiger partial charge in [-0.15, -0.1) is 0 Å². The molecule has 0 amide bonds. The second-order valence-electron chi connectivity index (χ2n) is 5.47. The number of rotatable bonds is 5. The summed E-state index contributed by atoms with van der Waals surface area (Å²) in [6, 6.07) is 0. The standard InChI is InChI=1S/C13H23N5/c1-13(12(14)15)3-8-17(9-4-13)6-2-7-18-10-5-16-11-18/h5,10-11H,2-4,6-9H2,1H3,(H3,14,15). The van der Waals surface area contributed by atoms with Crippen molar-refractivity contribution in [3.63, 3.8) is 0 Å². The van der Waals surface area contributed by atoms with Crippen molar-refractivity contribution >= 4 is 5.84 Å². The number of likely N-dealkylation sites (tertiary alicyclic amines) is 1. The Kier molecular flexibility index (Phi) is 4.01. The van der Waals surface area contributed by atoms with Gasteiger partial charge in [0, 0.05) is 24.4 Å². The van der Waals surface area contributed by atoms with Crippen LogP contribution in [-0.2, 0) is 6.54 Å². The summed E-state index contributed by atoms with van der Waals surface area (Å²) in [6.45, 7) is 6.37. The van der Waals surface area contributed by atoms with Crippen molar-refractivity contribution in [2.45, 2.75) is 32.7 Å². The number of nitrogens with zero attached hydrogens (tertiary/aromatic N) is 3. The maximum Gasteiger partial charge on any atom is 0.0966 e. The van der Waals surface area contributed by atoms with E-state index in [1.54, 1.807) is 0 Å². The quantitative estimate of drug-likeness (QED) is 0.610. The van der Waals surface area contributed by atoms with Crippen molar-refractivity contribution in [3.8, 4) is 0 Å². The van der Waals surface area contributed by atoms with E-state index in [1.165, 1.54) is 0 Å². The third-order valence-electron chi connectivity index (χ3n) is 4.06. The van der Waals surface area contributed by atoms with Gasteiger partial charge in [0.2, 0.25) is 0 Å². The zero-order valence-corrected chi connectivity index (χ0v) is 11.1. The Bertz CT molecular complexity index is 376. The number of aryl methyl sites for hydroxylation is 1. The Morgan fingerprint density at radius 1 is 1.39 bits per heavy atom. The highest BCUT2D eigenvalue weighted by Crippen LogP contribution is 2.30. The van der Waals surface area contributed by atoms with E-state index in [2.05, 4.69) is 21.4 Å². The number of aromatic nitrogens is 2. The van der Waals surface area contributed by atoms with Crippen LogP contribution < -0.4 is 5.73 Å². The first-order valence-electron chi connectivity index (χ1n) is 6.63. The summed E-state index contributed by atoms with van der Waals surface area (Å²) in [5.41, 5.74) is 5.60. The van der Waals surface area contributed by atoms with Crippen molar-refractivity contribution in [2.24, 2.45) is 11.1 Å². The number of amidine groups is 1. The third kappa shape index (κ3) is 3.10. The first kappa shape index (κ1) is 13.1. The topological polar surface area (TPSA) is 70.9 Å². The molecule has 3 N–H and O–H groups in total. The molecule has 1 saturated heterocycles. The van der Waals surface area contributed by atoms with E-state index >= 15 is 0 Å². The van der Waals surface area contributed by atoms with Gasteiger partial charge in [0.1, 0.15) is 0 Å². The van der Waals surface area contributed by atoms with Gasteiger partial charge in [-0.25, -0.2) is 4.98 Å². The minimum absolute atomic E-state index is 0.0686. The van der Waals surface area contributed by atoms with Crippen LogP contribution in [0.1, 0.15) is 26.2 Å². The molecule has 2 heterocycles. The monoisotopic (exact) mass is 249 g/mol. The summed E-state index contributed by atoms with van der Waals surface area (Å²) in [5, 5.41) is 7.63. The van der Waals surface area contributed by atoms with E-state index in [9.17, 15) is 0 Å². The summed E-state index contributed by atoms with van der Waals surface area (Å²) < 4.78 is 2.11. The Morgan fingerprint density at radius 3 is 2.67 bits per heavy atom. The molecule has 5 heteroatoms. The van der Waals surface area contributed by atoms with Crippen LogP contribution in [0.3, 0.4) is 0 Å². The number of hydrogen-bond donors (Lipinski definition) is 2. The predicted molar refractivity (Wildman–Crippen MR) is 72.5 cm³/mol. The van der Waals surface area contributed by atoms with Gasteiger partial charge in [0.05, 0.1) is 12.2 Å². The average molecular weight is 249 g/mol. The van der Waals surface area contributed by atoms with Crippen LogP contribution in [0.15, 0.2) is 18.7 Å². The molecule has 0 aliphatic carbocycles. The molecule has 0 saturated carbocycles. The molecule has 0 spiro atoms. The largest absolute Gasteiger partial charge is 0.387 e. The first-order chi connectivity index (χ1) is 8.60. The molecule has 1 aliphatic rings. The molecule has 1 aliphatic heterocycles. The van der Waals surface area contributed by atoms with E-state index in [0.717, 1.165) is 45.4 Å². The van der Waals surface area contributed by atoms with Gasteiger partial charge in [0.15, 0.2) is 0 Å². The van der Waals surface area contributed by atoms with Crippen LogP contribution in [0.2, 0.25) is 0 Å². The molecule has 0 unspecified atom stereocenters. The number of piperidine rings is 1. The molecular formula is C13H23N5. The van der Waals surface area contributed by atoms with E-state index in [0.29, 0.717) is 5.84 Å². The van der Waals surface area contributed by atoms with Crippen LogP contribution in [0.5, 0.6) is 0 Å². The summed E-state index contributed by atoms with van der Waals surface area (Å²) in [7, 11) is 0. The average Bonchev–Trinajstić information content (AvgIpc) is 2.85. The summed E-state index contributed by atoms with van der Waals surface area (Å²) in [6.07, 6.45) is 8.85. The number of imidazole rings is 1. The Balaban J connectivity index is 1.69. The number of nitrogens with one attached hydrogen (secondary N) is 1. The lowest BCUT2D eigenvalue weighted by molar-refractivity contribution is 0.159. The zero-order valence-electron chi connectivity index (χ0n) is 11.1. The lowest BCUT2D eigenvalue weighted by Gasteiger charge is -2.38. The van der Waals surface area contributed by atoms with Gasteiger partial charge in [-0.3, -0.25) is 5.41 Å². The van der Waals surface area contributed by atoms with Gasteiger partial charge in [-0.05, 0) is 38.9 Å². The van der Waals surface area contributed by atoms with Gasteiger partial charge in [-0.2, -0.15) is 0 Å². The van der Waals surface area contributed by atoms with Crippen LogP contribution >= 0.6 is 0 Å². The maximum absolute atomic E-state index is 7.63. The smallest absolute Gasteiger partial charge is 0.0966 e. The van der Waals surface area contributed by atoms with Crippen molar-refractivity contribution < 1.29 is 0 Å². The molecule has 0 aromatic carbocycles. The molecule has 100 valence electrons. The summed E-state index contributed by atoms with van der Waals surface area (Å²) >= 11 is 0. The first-order valence-corrected chi connectivity index (χ1v) is 6.63. The fraction of sp³-hybridized carbons (Fsp3) is 0.692. The minimum Gasteiger partial charge on any atom is -0.387 e. The SMILES string of the molecule is CC1(C(=N)N)CCN(CCCn2ccnc2)CC1. The Hall–Kier alpha value is -1.36. The van der Waals surface area contributed by atoms with Crippen molar-refractivity contribution in [3.05, 3.63) is 18.7 Å². The molecule has 0 radical (unpaired) electrons. The van der Waals surface area contributed by atoms with Crippen molar-refractivity contribution in [1.29, 1.82) is 5.41 Å². The molecular weight excluding hydrogens is 226 g/mol. The van der Waals surface area contributed by atoms with Crippen molar-refractivity contribution in [2.75, 3.05) is 19.6 Å². The van der Waals surface area contributed by atoms with Crippen LogP contribution in [0.25, 0.3) is 0 Å². The minimum atomic E-state index is -0.0686. The highest BCUT2D eigenvalue weighted by Gasteiger charge is 2.32. The molecule has 0 atom stereocenters. The van der Waals surface area contributed by atoms with E-state index in [4.69, 9.17) is 11.1 Å². The molecule has 2 rings (SSSR count). The fourth-order valence-electron chi connectivity index (χ4n) is 2.44. The zero-order chi connectivity index (χ0) is 13.0. The van der Waals surface area contributed by atoms with Gasteiger partial charge >= 0.3 is 0 Å². The normalized spacial score (nSPS) is 19.8. The second-order valence-corrected chi connectivity index (χ2v) is 5.47. The van der Waals surface area contributed by atoms with E-state index in [1.807, 2.05) is 18.7 Å². The lowest BCUT2D eigenvalue weighted by atomic mass is 9.79. The number of hydrogen-bond acceptors (Lipinski definition) is 3. The molecule has 1 aromatic heterocycles. The molecule has 0 bridgehead atoms. The maximum atomic E-state index is 7.63. The van der Waals surface area contributed by atoms with E-state index < -0.39 is 0 Å². The van der Waals surface area contributed by atoms with Gasteiger partial charge < -0.3 is 15.2 Å². The second kappa shape index (κ2) is 5.52. The van der Waals surface area contributed by atoms with Crippen molar-refractivity contribution in [1.82, 2.24) is 14.5 Å². The number of nitrogens with two attached hydrogens (primary N) is 1. The van der Waals surface area contributed by atoms with Crippen LogP contribution in [0.4, 0.5) is 0 Å². The highest BCUT2D eigenvalue weighted by molar-refractivity contribution is 5.83. The van der Waals surface area contributed by atoms with Gasteiger partial charge in [0.25, 0.3) is 0 Å². The summed E-state index contributed by atoms with van der Waals surface area (Å²) in [5.74, 6) is 0.348. The molecule has 1 fully saturated rings. The predicted octanol–water partition coefficient (Wildman–Crippen LogP) is 1.31. The van der Waals surface area contributed by atoms with Gasteiger partial charge in [-0.1, -0.05) is 6.92 Å². The molecule has 18 heavy (non-hydrogen) atoms. The highest BCUT2D eigenvalue weighted by atomic mass is 15.1. The lowest BCUT2D eigenvalue weighted by Crippen LogP contribution is -2.45. The van der Waals surface area contributed by atoms with Crippen LogP contribution in [-0.4, -0.2) is 39.9 Å². The molecule has 1 aromatic rings.